The molecule has 0 heterocycles. The van der Waals surface area contributed by atoms with Gasteiger partial charge < -0.3 is 15.0 Å². The Morgan fingerprint density at radius 2 is 1.81 bits per heavy atom. The lowest BCUT2D eigenvalue weighted by atomic mass is 9.80. The lowest BCUT2D eigenvalue weighted by Gasteiger charge is -2.39. The van der Waals surface area contributed by atoms with E-state index in [-0.39, 0.29) is 11.8 Å². The molecule has 1 saturated carbocycles. The fourth-order valence-corrected chi connectivity index (χ4v) is 3.61. The summed E-state index contributed by atoms with van der Waals surface area (Å²) < 4.78 is 5.30. The fraction of sp³-hybridized carbons (Fsp3) is 0.524. The van der Waals surface area contributed by atoms with Crippen LogP contribution in [0.1, 0.15) is 51.5 Å². The highest BCUT2D eigenvalue weighted by Gasteiger charge is 2.42. The van der Waals surface area contributed by atoms with Crippen LogP contribution in [0, 0.1) is 0 Å². The van der Waals surface area contributed by atoms with Gasteiger partial charge in [0.05, 0.1) is 7.11 Å². The molecule has 1 fully saturated rings. The van der Waals surface area contributed by atoms with Crippen molar-refractivity contribution in [3.63, 3.8) is 0 Å². The van der Waals surface area contributed by atoms with E-state index in [2.05, 4.69) is 5.32 Å². The molecule has 0 aromatic heterocycles. The van der Waals surface area contributed by atoms with Crippen LogP contribution in [-0.4, -0.2) is 42.5 Å². The highest BCUT2D eigenvalue weighted by atomic mass is 16.5. The maximum absolute atomic E-state index is 13.1. The minimum atomic E-state index is -0.771. The zero-order valence-electron chi connectivity index (χ0n) is 16.1. The minimum Gasteiger partial charge on any atom is -0.496 e. The minimum absolute atomic E-state index is 0.0428. The van der Waals surface area contributed by atoms with Crippen molar-refractivity contribution in [3.05, 3.63) is 35.9 Å². The second-order valence-corrected chi connectivity index (χ2v) is 6.68. The average Bonchev–Trinajstić information content (AvgIpc) is 2.68. The fourth-order valence-electron chi connectivity index (χ4n) is 3.61. The van der Waals surface area contributed by atoms with Crippen LogP contribution in [0.25, 0.3) is 6.08 Å². The van der Waals surface area contributed by atoms with Gasteiger partial charge in [0, 0.05) is 24.7 Å². The third-order valence-electron chi connectivity index (χ3n) is 5.08. The molecule has 0 saturated heterocycles. The number of likely N-dealkylation sites (N-methyl/N-ethyl adjacent to an activating group) is 1. The van der Waals surface area contributed by atoms with Gasteiger partial charge in [0.15, 0.2) is 0 Å². The van der Waals surface area contributed by atoms with Crippen molar-refractivity contribution in [3.8, 4) is 5.75 Å². The van der Waals surface area contributed by atoms with Gasteiger partial charge in [0.1, 0.15) is 11.3 Å². The SMILES string of the molecule is CCN(CC)C(=O)C1(NC(=O)C=Cc2ccccc2OC)CCCCC1. The summed E-state index contributed by atoms with van der Waals surface area (Å²) in [5.41, 5.74) is 0.0600. The maximum Gasteiger partial charge on any atom is 0.248 e. The third kappa shape index (κ3) is 4.65. The number of hydrogen-bond acceptors (Lipinski definition) is 3. The molecule has 1 aromatic carbocycles. The van der Waals surface area contributed by atoms with E-state index in [9.17, 15) is 9.59 Å². The molecule has 0 bridgehead atoms. The summed E-state index contributed by atoms with van der Waals surface area (Å²) in [7, 11) is 1.60. The predicted molar refractivity (Wildman–Crippen MR) is 104 cm³/mol. The van der Waals surface area contributed by atoms with Gasteiger partial charge in [-0.2, -0.15) is 0 Å². The summed E-state index contributed by atoms with van der Waals surface area (Å²) in [5.74, 6) is 0.516. The Morgan fingerprint density at radius 3 is 2.42 bits per heavy atom. The van der Waals surface area contributed by atoms with Crippen LogP contribution >= 0.6 is 0 Å². The molecule has 1 aromatic rings. The molecule has 0 spiro atoms. The monoisotopic (exact) mass is 358 g/mol. The van der Waals surface area contributed by atoms with Gasteiger partial charge in [-0.15, -0.1) is 0 Å². The highest BCUT2D eigenvalue weighted by molar-refractivity contribution is 5.97. The number of nitrogens with zero attached hydrogens (tertiary/aromatic N) is 1. The molecule has 0 unspecified atom stereocenters. The second-order valence-electron chi connectivity index (χ2n) is 6.68. The standard InChI is InChI=1S/C21H30N2O3/c1-4-23(5-2)20(25)21(15-9-6-10-16-21)22-19(24)14-13-17-11-7-8-12-18(17)26-3/h7-8,11-14H,4-6,9-10,15-16H2,1-3H3,(H,22,24). The molecule has 26 heavy (non-hydrogen) atoms. The Kier molecular flexibility index (Phi) is 7.25. The van der Waals surface area contributed by atoms with Crippen molar-refractivity contribution in [1.82, 2.24) is 10.2 Å². The van der Waals surface area contributed by atoms with Gasteiger partial charge in [-0.25, -0.2) is 0 Å². The van der Waals surface area contributed by atoms with E-state index in [1.165, 1.54) is 6.08 Å². The Balaban J connectivity index is 2.16. The summed E-state index contributed by atoms with van der Waals surface area (Å²) in [4.78, 5) is 27.5. The van der Waals surface area contributed by atoms with Crippen molar-refractivity contribution in [2.45, 2.75) is 51.5 Å². The smallest absolute Gasteiger partial charge is 0.248 e. The number of rotatable bonds is 7. The van der Waals surface area contributed by atoms with Gasteiger partial charge >= 0.3 is 0 Å². The Bertz CT molecular complexity index is 644. The van der Waals surface area contributed by atoms with Crippen LogP contribution in [0.5, 0.6) is 5.75 Å². The quantitative estimate of drug-likeness (QED) is 0.760. The van der Waals surface area contributed by atoms with Crippen LogP contribution in [0.2, 0.25) is 0 Å². The predicted octanol–water partition coefficient (Wildman–Crippen LogP) is 3.40. The van der Waals surface area contributed by atoms with E-state index in [0.717, 1.165) is 24.8 Å². The number of benzene rings is 1. The van der Waals surface area contributed by atoms with Crippen LogP contribution in [-0.2, 0) is 9.59 Å². The molecule has 5 heteroatoms. The Morgan fingerprint density at radius 1 is 1.15 bits per heavy atom. The van der Waals surface area contributed by atoms with Gasteiger partial charge in [-0.05, 0) is 38.8 Å². The average molecular weight is 358 g/mol. The van der Waals surface area contributed by atoms with Crippen LogP contribution in [0.15, 0.2) is 30.3 Å². The van der Waals surface area contributed by atoms with Crippen molar-refractivity contribution in [1.29, 1.82) is 0 Å². The molecule has 5 nitrogen and oxygen atoms in total. The summed E-state index contributed by atoms with van der Waals surface area (Å²) in [5, 5.41) is 3.03. The number of hydrogen-bond donors (Lipinski definition) is 1. The van der Waals surface area contributed by atoms with E-state index >= 15 is 0 Å². The number of ether oxygens (including phenoxy) is 1. The largest absolute Gasteiger partial charge is 0.496 e. The topological polar surface area (TPSA) is 58.6 Å². The van der Waals surface area contributed by atoms with Crippen molar-refractivity contribution >= 4 is 17.9 Å². The van der Waals surface area contributed by atoms with E-state index in [4.69, 9.17) is 4.74 Å². The highest BCUT2D eigenvalue weighted by Crippen LogP contribution is 2.30. The zero-order valence-corrected chi connectivity index (χ0v) is 16.1. The summed E-state index contributed by atoms with van der Waals surface area (Å²) in [6.45, 7) is 5.26. The van der Waals surface area contributed by atoms with E-state index < -0.39 is 5.54 Å². The normalized spacial score (nSPS) is 16.3. The number of para-hydroxylation sites is 1. The van der Waals surface area contributed by atoms with Crippen LogP contribution in [0.4, 0.5) is 0 Å². The molecule has 2 amide bonds. The van der Waals surface area contributed by atoms with Gasteiger partial charge in [0.2, 0.25) is 11.8 Å². The Labute approximate surface area is 156 Å². The number of nitrogens with one attached hydrogen (secondary N) is 1. The van der Waals surface area contributed by atoms with Gasteiger partial charge in [0.25, 0.3) is 0 Å². The maximum atomic E-state index is 13.1. The van der Waals surface area contributed by atoms with Crippen molar-refractivity contribution < 1.29 is 14.3 Å². The zero-order chi connectivity index (χ0) is 19.0. The van der Waals surface area contributed by atoms with Crippen molar-refractivity contribution in [2.75, 3.05) is 20.2 Å². The molecule has 1 N–H and O–H groups in total. The number of carbonyl (C=O) groups excluding carboxylic acids is 2. The van der Waals surface area contributed by atoms with Crippen molar-refractivity contribution in [2.24, 2.45) is 0 Å². The van der Waals surface area contributed by atoms with Crippen LogP contribution in [0.3, 0.4) is 0 Å². The van der Waals surface area contributed by atoms with E-state index in [0.29, 0.717) is 31.7 Å². The molecule has 1 aliphatic rings. The van der Waals surface area contributed by atoms with Crippen LogP contribution < -0.4 is 10.1 Å². The molecular weight excluding hydrogens is 328 g/mol. The summed E-state index contributed by atoms with van der Waals surface area (Å²) in [6.07, 6.45) is 7.66. The Hall–Kier alpha value is -2.30. The lowest BCUT2D eigenvalue weighted by molar-refractivity contribution is -0.142. The molecule has 142 valence electrons. The number of carbonyl (C=O) groups is 2. The number of amides is 2. The molecule has 0 atom stereocenters. The lowest BCUT2D eigenvalue weighted by Crippen LogP contribution is -2.60. The summed E-state index contributed by atoms with van der Waals surface area (Å²) >= 11 is 0. The second kappa shape index (κ2) is 9.41. The molecule has 1 aliphatic carbocycles. The van der Waals surface area contributed by atoms with Gasteiger partial charge in [-0.1, -0.05) is 37.5 Å². The first-order valence-corrected chi connectivity index (χ1v) is 9.49. The van der Waals surface area contributed by atoms with E-state index in [1.807, 2.05) is 43.0 Å². The summed E-state index contributed by atoms with van der Waals surface area (Å²) in [6, 6.07) is 7.52. The molecule has 0 radical (unpaired) electrons. The third-order valence-corrected chi connectivity index (χ3v) is 5.08. The van der Waals surface area contributed by atoms with Gasteiger partial charge in [-0.3, -0.25) is 9.59 Å². The first-order chi connectivity index (χ1) is 12.6. The first-order valence-electron chi connectivity index (χ1n) is 9.49. The molecule has 2 rings (SSSR count). The van der Waals surface area contributed by atoms with E-state index in [1.54, 1.807) is 13.2 Å². The first kappa shape index (κ1) is 20.0. The molecular formula is C21H30N2O3. The number of methoxy groups -OCH3 is 1. The molecule has 0 aliphatic heterocycles.